The average Bonchev–Trinajstić information content (AvgIpc) is 3.06. The molecule has 0 radical (unpaired) electrons. The van der Waals surface area contributed by atoms with Gasteiger partial charge in [-0.1, -0.05) is 17.7 Å². The minimum absolute atomic E-state index is 0.0958. The van der Waals surface area contributed by atoms with Crippen molar-refractivity contribution >= 4 is 15.9 Å². The summed E-state index contributed by atoms with van der Waals surface area (Å²) < 4.78 is 32.4. The zero-order valence-corrected chi connectivity index (χ0v) is 14.1. The summed E-state index contributed by atoms with van der Waals surface area (Å²) in [6.45, 7) is 4.42. The zero-order valence-electron chi connectivity index (χ0n) is 13.3. The smallest absolute Gasteiger partial charge is 0.243 e. The second kappa shape index (κ2) is 6.59. The van der Waals surface area contributed by atoms with E-state index in [2.05, 4.69) is 0 Å². The Hall–Kier alpha value is -1.44. The molecule has 0 bridgehead atoms. The molecule has 0 aliphatic carbocycles. The number of nitrogens with zero attached hydrogens (tertiary/aromatic N) is 2. The summed E-state index contributed by atoms with van der Waals surface area (Å²) in [5, 5.41) is 0. The van der Waals surface area contributed by atoms with Crippen LogP contribution in [-0.2, 0) is 19.6 Å². The van der Waals surface area contributed by atoms with Crippen molar-refractivity contribution in [3.8, 4) is 0 Å². The first-order valence-corrected chi connectivity index (χ1v) is 9.39. The quantitative estimate of drug-likeness (QED) is 0.825. The molecule has 1 amide bonds. The molecule has 0 spiro atoms. The van der Waals surface area contributed by atoms with Gasteiger partial charge in [-0.25, -0.2) is 8.42 Å². The second-order valence-electron chi connectivity index (χ2n) is 6.02. The van der Waals surface area contributed by atoms with Crippen LogP contribution in [0.4, 0.5) is 0 Å². The van der Waals surface area contributed by atoms with Crippen molar-refractivity contribution in [2.75, 3.05) is 32.8 Å². The second-order valence-corrected chi connectivity index (χ2v) is 7.92. The lowest BCUT2D eigenvalue weighted by Crippen LogP contribution is -2.50. The van der Waals surface area contributed by atoms with Crippen LogP contribution in [0.1, 0.15) is 18.4 Å². The van der Waals surface area contributed by atoms with Gasteiger partial charge < -0.3 is 9.64 Å². The molecule has 2 saturated heterocycles. The molecule has 0 saturated carbocycles. The van der Waals surface area contributed by atoms with Crippen molar-refractivity contribution in [2.45, 2.75) is 30.7 Å². The molecule has 23 heavy (non-hydrogen) atoms. The fourth-order valence-corrected chi connectivity index (χ4v) is 4.77. The van der Waals surface area contributed by atoms with Crippen LogP contribution in [0, 0.1) is 6.92 Å². The van der Waals surface area contributed by atoms with Crippen molar-refractivity contribution in [1.82, 2.24) is 9.21 Å². The summed E-state index contributed by atoms with van der Waals surface area (Å²) in [5.41, 5.74) is 1.01. The van der Waals surface area contributed by atoms with Crippen LogP contribution >= 0.6 is 0 Å². The molecule has 6 nitrogen and oxygen atoms in total. The molecule has 1 aromatic rings. The molecule has 126 valence electrons. The number of benzene rings is 1. The van der Waals surface area contributed by atoms with Gasteiger partial charge in [0.1, 0.15) is 6.04 Å². The number of hydrogen-bond donors (Lipinski definition) is 0. The Bertz CT molecular complexity index is 666. The molecular weight excluding hydrogens is 316 g/mol. The first-order chi connectivity index (χ1) is 11.0. The number of carbonyl (C=O) groups is 1. The van der Waals surface area contributed by atoms with Gasteiger partial charge in [-0.3, -0.25) is 4.79 Å². The van der Waals surface area contributed by atoms with E-state index >= 15 is 0 Å². The molecule has 2 aliphatic heterocycles. The third kappa shape index (κ3) is 3.27. The van der Waals surface area contributed by atoms with Crippen LogP contribution in [-0.4, -0.2) is 62.4 Å². The SMILES string of the molecule is Cc1ccc(S(=O)(=O)N2CCC[C@H]2C(=O)N2CCOCC2)cc1. The van der Waals surface area contributed by atoms with E-state index in [1.807, 2.05) is 6.92 Å². The lowest BCUT2D eigenvalue weighted by Gasteiger charge is -2.32. The van der Waals surface area contributed by atoms with Crippen LogP contribution in [0.2, 0.25) is 0 Å². The van der Waals surface area contributed by atoms with Crippen LogP contribution in [0.25, 0.3) is 0 Å². The van der Waals surface area contributed by atoms with Crippen molar-refractivity contribution in [1.29, 1.82) is 0 Å². The average molecular weight is 338 g/mol. The Morgan fingerprint density at radius 1 is 1.13 bits per heavy atom. The fraction of sp³-hybridized carbons (Fsp3) is 0.562. The summed E-state index contributed by atoms with van der Waals surface area (Å²) in [5.74, 6) is -0.0958. The highest BCUT2D eigenvalue weighted by atomic mass is 32.2. The summed E-state index contributed by atoms with van der Waals surface area (Å²) in [7, 11) is -3.63. The van der Waals surface area contributed by atoms with E-state index in [1.165, 1.54) is 4.31 Å². The summed E-state index contributed by atoms with van der Waals surface area (Å²) in [6, 6.07) is 6.20. The Morgan fingerprint density at radius 3 is 2.43 bits per heavy atom. The number of carbonyl (C=O) groups excluding carboxylic acids is 1. The van der Waals surface area contributed by atoms with Crippen LogP contribution in [0.3, 0.4) is 0 Å². The summed E-state index contributed by atoms with van der Waals surface area (Å²) in [4.78, 5) is 14.7. The van der Waals surface area contributed by atoms with E-state index in [-0.39, 0.29) is 10.8 Å². The van der Waals surface area contributed by atoms with E-state index in [1.54, 1.807) is 29.2 Å². The fourth-order valence-electron chi connectivity index (χ4n) is 3.11. The first kappa shape index (κ1) is 16.4. The van der Waals surface area contributed by atoms with E-state index in [0.29, 0.717) is 45.7 Å². The molecule has 0 aromatic heterocycles. The van der Waals surface area contributed by atoms with Crippen molar-refractivity contribution in [3.05, 3.63) is 29.8 Å². The Kier molecular flexibility index (Phi) is 4.70. The minimum Gasteiger partial charge on any atom is -0.378 e. The van der Waals surface area contributed by atoms with E-state index in [9.17, 15) is 13.2 Å². The van der Waals surface area contributed by atoms with Crippen molar-refractivity contribution in [2.24, 2.45) is 0 Å². The van der Waals surface area contributed by atoms with E-state index in [0.717, 1.165) is 5.56 Å². The molecule has 0 unspecified atom stereocenters. The molecule has 1 atom stereocenters. The van der Waals surface area contributed by atoms with Gasteiger partial charge in [0.2, 0.25) is 15.9 Å². The number of hydrogen-bond acceptors (Lipinski definition) is 4. The standard InChI is InChI=1S/C16H22N2O4S/c1-13-4-6-14(7-5-13)23(20,21)18-8-2-3-15(18)16(19)17-9-11-22-12-10-17/h4-7,15H,2-3,8-12H2,1H3/t15-/m0/s1. The third-order valence-corrected chi connectivity index (χ3v) is 6.36. The van der Waals surface area contributed by atoms with Gasteiger partial charge in [0, 0.05) is 19.6 Å². The highest BCUT2D eigenvalue weighted by Crippen LogP contribution is 2.27. The lowest BCUT2D eigenvalue weighted by molar-refractivity contribution is -0.138. The maximum atomic E-state index is 12.9. The highest BCUT2D eigenvalue weighted by Gasteiger charge is 2.41. The normalized spacial score (nSPS) is 23.2. The summed E-state index contributed by atoms with van der Waals surface area (Å²) >= 11 is 0. The van der Waals surface area contributed by atoms with Gasteiger partial charge in [0.15, 0.2) is 0 Å². The van der Waals surface area contributed by atoms with Gasteiger partial charge in [-0.15, -0.1) is 0 Å². The lowest BCUT2D eigenvalue weighted by atomic mass is 10.2. The summed E-state index contributed by atoms with van der Waals surface area (Å²) in [6.07, 6.45) is 1.30. The van der Waals surface area contributed by atoms with Gasteiger partial charge in [-0.05, 0) is 31.9 Å². The number of ether oxygens (including phenoxy) is 1. The molecule has 2 fully saturated rings. The maximum absolute atomic E-state index is 12.9. The molecule has 2 heterocycles. The molecule has 0 N–H and O–H groups in total. The van der Waals surface area contributed by atoms with Crippen molar-refractivity contribution in [3.63, 3.8) is 0 Å². The van der Waals surface area contributed by atoms with Gasteiger partial charge in [0.25, 0.3) is 0 Å². The number of morpholine rings is 1. The Morgan fingerprint density at radius 2 is 1.78 bits per heavy atom. The molecule has 1 aromatic carbocycles. The molecular formula is C16H22N2O4S. The largest absolute Gasteiger partial charge is 0.378 e. The Labute approximate surface area is 137 Å². The predicted octanol–water partition coefficient (Wildman–Crippen LogP) is 1.01. The van der Waals surface area contributed by atoms with Crippen LogP contribution in [0.15, 0.2) is 29.2 Å². The monoisotopic (exact) mass is 338 g/mol. The molecule has 7 heteroatoms. The van der Waals surface area contributed by atoms with Crippen LogP contribution in [0.5, 0.6) is 0 Å². The minimum atomic E-state index is -3.63. The van der Waals surface area contributed by atoms with E-state index in [4.69, 9.17) is 4.74 Å². The first-order valence-electron chi connectivity index (χ1n) is 7.95. The highest BCUT2D eigenvalue weighted by molar-refractivity contribution is 7.89. The zero-order chi connectivity index (χ0) is 16.4. The van der Waals surface area contributed by atoms with E-state index < -0.39 is 16.1 Å². The van der Waals surface area contributed by atoms with Gasteiger partial charge in [-0.2, -0.15) is 4.31 Å². The number of rotatable bonds is 3. The Balaban J connectivity index is 1.82. The van der Waals surface area contributed by atoms with Gasteiger partial charge >= 0.3 is 0 Å². The number of aryl methyl sites for hydroxylation is 1. The number of amides is 1. The van der Waals surface area contributed by atoms with Crippen LogP contribution < -0.4 is 0 Å². The molecule has 3 rings (SSSR count). The predicted molar refractivity (Wildman–Crippen MR) is 85.5 cm³/mol. The maximum Gasteiger partial charge on any atom is 0.243 e. The topological polar surface area (TPSA) is 66.9 Å². The third-order valence-electron chi connectivity index (χ3n) is 4.44. The molecule has 2 aliphatic rings. The van der Waals surface area contributed by atoms with Crippen molar-refractivity contribution < 1.29 is 17.9 Å². The number of sulfonamides is 1. The van der Waals surface area contributed by atoms with Gasteiger partial charge in [0.05, 0.1) is 18.1 Å².